The van der Waals surface area contributed by atoms with Crippen LogP contribution >= 0.6 is 104 Å². The normalized spacial score (nSPS) is 11.1. The summed E-state index contributed by atoms with van der Waals surface area (Å²) in [5, 5.41) is 2.43. The fourth-order valence-electron chi connectivity index (χ4n) is 2.51. The van der Waals surface area contributed by atoms with Crippen LogP contribution in [0.3, 0.4) is 0 Å². The molecule has 0 nitrogen and oxygen atoms in total. The molecule has 0 aliphatic carbocycles. The van der Waals surface area contributed by atoms with E-state index < -0.39 is 0 Å². The molecule has 0 saturated carbocycles. The molecule has 0 N–H and O–H groups in total. The Morgan fingerprint density at radius 1 is 0.407 bits per heavy atom. The highest BCUT2D eigenvalue weighted by Gasteiger charge is 2.21. The SMILES string of the molecule is Clc1cc(Cl)c(Cl)c(-c2cc(Cl)c(-c3cc(Cl)c(Cl)c(Cl)c3)c(Cl)c2Cl)c1. The number of halogens is 9. The van der Waals surface area contributed by atoms with Crippen LogP contribution in [0.1, 0.15) is 0 Å². The molecule has 27 heavy (non-hydrogen) atoms. The fraction of sp³-hybridized carbons (Fsp3) is 0. The average molecular weight is 540 g/mol. The maximum atomic E-state index is 6.52. The van der Waals surface area contributed by atoms with E-state index in [1.165, 1.54) is 6.07 Å². The first-order valence-corrected chi connectivity index (χ1v) is 10.5. The van der Waals surface area contributed by atoms with Crippen LogP contribution in [0.2, 0.25) is 45.2 Å². The molecule has 0 heterocycles. The second-order valence-electron chi connectivity index (χ2n) is 5.41. The second kappa shape index (κ2) is 8.56. The van der Waals surface area contributed by atoms with Gasteiger partial charge in [-0.05, 0) is 35.9 Å². The van der Waals surface area contributed by atoms with E-state index in [1.807, 2.05) is 0 Å². The molecule has 0 fully saturated rings. The molecule has 0 aliphatic heterocycles. The highest BCUT2D eigenvalue weighted by atomic mass is 35.5. The van der Waals surface area contributed by atoms with Crippen molar-refractivity contribution in [3.63, 3.8) is 0 Å². The highest BCUT2D eigenvalue weighted by molar-refractivity contribution is 6.50. The highest BCUT2D eigenvalue weighted by Crippen LogP contribution is 2.48. The van der Waals surface area contributed by atoms with Crippen LogP contribution < -0.4 is 0 Å². The van der Waals surface area contributed by atoms with E-state index in [0.29, 0.717) is 32.3 Å². The molecule has 0 bridgehead atoms. The van der Waals surface area contributed by atoms with E-state index in [2.05, 4.69) is 0 Å². The van der Waals surface area contributed by atoms with Crippen molar-refractivity contribution in [2.24, 2.45) is 0 Å². The molecule has 0 saturated heterocycles. The van der Waals surface area contributed by atoms with Crippen molar-refractivity contribution in [2.45, 2.75) is 0 Å². The summed E-state index contributed by atoms with van der Waals surface area (Å²) in [5.74, 6) is 0. The number of hydrogen-bond donors (Lipinski definition) is 0. The average Bonchev–Trinajstić information content (AvgIpc) is 2.59. The number of hydrogen-bond acceptors (Lipinski definition) is 0. The maximum Gasteiger partial charge on any atom is 0.0778 e. The van der Waals surface area contributed by atoms with Crippen molar-refractivity contribution in [1.29, 1.82) is 0 Å². The van der Waals surface area contributed by atoms with Crippen molar-refractivity contribution in [2.75, 3.05) is 0 Å². The smallest absolute Gasteiger partial charge is 0.0778 e. The third-order valence-corrected chi connectivity index (χ3v) is 7.10. The Morgan fingerprint density at radius 2 is 0.926 bits per heavy atom. The van der Waals surface area contributed by atoms with Gasteiger partial charge in [-0.25, -0.2) is 0 Å². The summed E-state index contributed by atoms with van der Waals surface area (Å²) in [6, 6.07) is 7.97. The third-order valence-electron chi connectivity index (χ3n) is 3.71. The van der Waals surface area contributed by atoms with E-state index in [0.717, 1.165) is 0 Å². The molecule has 140 valence electrons. The van der Waals surface area contributed by atoms with Gasteiger partial charge in [-0.2, -0.15) is 0 Å². The molecule has 3 aromatic carbocycles. The monoisotopic (exact) mass is 536 g/mol. The first-order valence-electron chi connectivity index (χ1n) is 7.09. The minimum atomic E-state index is 0.195. The molecule has 0 atom stereocenters. The zero-order valence-electron chi connectivity index (χ0n) is 12.8. The van der Waals surface area contributed by atoms with Gasteiger partial charge in [0.25, 0.3) is 0 Å². The summed E-state index contributed by atoms with van der Waals surface area (Å²) in [6.45, 7) is 0. The predicted molar refractivity (Wildman–Crippen MR) is 122 cm³/mol. The largest absolute Gasteiger partial charge is 0.0843 e. The van der Waals surface area contributed by atoms with Crippen LogP contribution in [-0.2, 0) is 0 Å². The quantitative estimate of drug-likeness (QED) is 0.224. The van der Waals surface area contributed by atoms with Gasteiger partial charge in [0.1, 0.15) is 0 Å². The van der Waals surface area contributed by atoms with Gasteiger partial charge in [0.15, 0.2) is 0 Å². The first-order chi connectivity index (χ1) is 12.6. The van der Waals surface area contributed by atoms with Crippen LogP contribution in [0.15, 0.2) is 30.3 Å². The lowest BCUT2D eigenvalue weighted by molar-refractivity contribution is 1.58. The standard InChI is InChI=1S/C18H5Cl9/c19-7-3-8(15(24)13(23)4-7)9-5-10(20)14(18(27)16(9)25)6-1-11(21)17(26)12(22)2-6/h1-5H. The Bertz CT molecular complexity index is 1050. The van der Waals surface area contributed by atoms with Crippen molar-refractivity contribution < 1.29 is 0 Å². The summed E-state index contributed by atoms with van der Waals surface area (Å²) in [7, 11) is 0. The number of rotatable bonds is 2. The van der Waals surface area contributed by atoms with Crippen molar-refractivity contribution in [3.05, 3.63) is 75.5 Å². The van der Waals surface area contributed by atoms with E-state index in [4.69, 9.17) is 104 Å². The zero-order chi connectivity index (χ0) is 20.0. The van der Waals surface area contributed by atoms with Crippen molar-refractivity contribution in [3.8, 4) is 22.3 Å². The van der Waals surface area contributed by atoms with E-state index in [-0.39, 0.29) is 35.2 Å². The molecule has 0 aromatic heterocycles. The predicted octanol–water partition coefficient (Wildman–Crippen LogP) is 10.9. The lowest BCUT2D eigenvalue weighted by atomic mass is 9.99. The van der Waals surface area contributed by atoms with E-state index in [9.17, 15) is 0 Å². The molecule has 9 heteroatoms. The minimum absolute atomic E-state index is 0.195. The fourth-order valence-corrected chi connectivity index (χ4v) is 4.73. The lowest BCUT2D eigenvalue weighted by Gasteiger charge is -2.16. The molecule has 3 aromatic rings. The van der Waals surface area contributed by atoms with Crippen LogP contribution in [0.4, 0.5) is 0 Å². The van der Waals surface area contributed by atoms with Gasteiger partial charge in [0.2, 0.25) is 0 Å². The third kappa shape index (κ3) is 4.26. The summed E-state index contributed by atoms with van der Waals surface area (Å²) in [5.41, 5.74) is 2.00. The molecule has 0 spiro atoms. The van der Waals surface area contributed by atoms with E-state index in [1.54, 1.807) is 24.3 Å². The summed E-state index contributed by atoms with van der Waals surface area (Å²) in [4.78, 5) is 0. The van der Waals surface area contributed by atoms with Gasteiger partial charge in [-0.15, -0.1) is 0 Å². The Hall–Kier alpha value is 0.270. The van der Waals surface area contributed by atoms with Crippen molar-refractivity contribution >= 4 is 104 Å². The van der Waals surface area contributed by atoms with Gasteiger partial charge < -0.3 is 0 Å². The molecule has 0 aliphatic rings. The molecule has 0 radical (unpaired) electrons. The Labute approximate surface area is 200 Å². The summed E-state index contributed by atoms with van der Waals surface area (Å²) >= 11 is 56.3. The van der Waals surface area contributed by atoms with Gasteiger partial charge in [0, 0.05) is 21.7 Å². The number of benzene rings is 3. The Morgan fingerprint density at radius 3 is 1.52 bits per heavy atom. The Balaban J connectivity index is 2.28. The zero-order valence-corrected chi connectivity index (χ0v) is 19.6. The van der Waals surface area contributed by atoms with Gasteiger partial charge in [0.05, 0.1) is 40.2 Å². The van der Waals surface area contributed by atoms with Crippen LogP contribution in [0.5, 0.6) is 0 Å². The lowest BCUT2D eigenvalue weighted by Crippen LogP contribution is -1.90. The van der Waals surface area contributed by atoms with Gasteiger partial charge >= 0.3 is 0 Å². The molecule has 0 unspecified atom stereocenters. The molecule has 0 amide bonds. The molecular formula is C18H5Cl9. The van der Waals surface area contributed by atoms with Crippen LogP contribution in [0.25, 0.3) is 22.3 Å². The van der Waals surface area contributed by atoms with Gasteiger partial charge in [-0.3, -0.25) is 0 Å². The van der Waals surface area contributed by atoms with Crippen LogP contribution in [0, 0.1) is 0 Å². The first kappa shape index (κ1) is 22.0. The second-order valence-corrected chi connectivity index (χ2v) is 8.99. The van der Waals surface area contributed by atoms with Crippen LogP contribution in [-0.4, -0.2) is 0 Å². The topological polar surface area (TPSA) is 0 Å². The maximum absolute atomic E-state index is 6.52. The molecule has 3 rings (SSSR count). The van der Waals surface area contributed by atoms with Crippen molar-refractivity contribution in [1.82, 2.24) is 0 Å². The molecular weight excluding hydrogens is 535 g/mol. The minimum Gasteiger partial charge on any atom is -0.0843 e. The summed E-state index contributed by atoms with van der Waals surface area (Å²) in [6.07, 6.45) is 0. The van der Waals surface area contributed by atoms with E-state index >= 15 is 0 Å². The Kier molecular flexibility index (Phi) is 6.96. The summed E-state index contributed by atoms with van der Waals surface area (Å²) < 4.78 is 0. The van der Waals surface area contributed by atoms with Gasteiger partial charge in [-0.1, -0.05) is 104 Å².